The fourth-order valence-electron chi connectivity index (χ4n) is 2.09. The summed E-state index contributed by atoms with van der Waals surface area (Å²) in [6, 6.07) is 9.11. The minimum atomic E-state index is -0.0946. The lowest BCUT2D eigenvalue weighted by Gasteiger charge is -2.04. The molecule has 4 heteroatoms. The molecule has 0 unspecified atom stereocenters. The first-order valence-electron chi connectivity index (χ1n) is 5.06. The molecule has 0 saturated carbocycles. The molecule has 0 saturated heterocycles. The number of aromatic nitrogens is 1. The topological polar surface area (TPSA) is 42.3 Å². The van der Waals surface area contributed by atoms with E-state index in [2.05, 4.69) is 0 Å². The molecular weight excluding hydrogens is 204 g/mol. The van der Waals surface area contributed by atoms with Gasteiger partial charge < -0.3 is 4.90 Å². The Hall–Kier alpha value is -2.10. The van der Waals surface area contributed by atoms with Crippen molar-refractivity contribution in [2.45, 2.75) is 6.67 Å². The van der Waals surface area contributed by atoms with Crippen molar-refractivity contribution in [3.05, 3.63) is 46.4 Å². The van der Waals surface area contributed by atoms with Crippen LogP contribution in [0.15, 0.2) is 35.1 Å². The number of fused-ring (bicyclic) bond motifs is 2. The molecule has 0 radical (unpaired) electrons. The summed E-state index contributed by atoms with van der Waals surface area (Å²) in [4.78, 5) is 25.4. The van der Waals surface area contributed by atoms with Crippen LogP contribution < -0.4 is 5.56 Å². The first-order chi connectivity index (χ1) is 7.68. The number of hydrogen-bond donors (Lipinski definition) is 0. The molecule has 0 bridgehead atoms. The van der Waals surface area contributed by atoms with E-state index in [1.165, 1.54) is 9.47 Å². The molecule has 0 spiro atoms. The van der Waals surface area contributed by atoms with E-state index >= 15 is 0 Å². The van der Waals surface area contributed by atoms with E-state index in [0.29, 0.717) is 17.7 Å². The lowest BCUT2D eigenvalue weighted by atomic mass is 10.1. The predicted octanol–water partition coefficient (Wildman–Crippen LogP) is 1.04. The molecule has 0 aliphatic carbocycles. The molecule has 1 amide bonds. The van der Waals surface area contributed by atoms with Crippen LogP contribution in [0.1, 0.15) is 10.5 Å². The number of nitrogens with zero attached hydrogens (tertiary/aromatic N) is 2. The van der Waals surface area contributed by atoms with E-state index in [-0.39, 0.29) is 11.5 Å². The smallest absolute Gasteiger partial charge is 0.271 e. The highest BCUT2D eigenvalue weighted by molar-refractivity contribution is 5.97. The number of benzene rings is 1. The monoisotopic (exact) mass is 214 g/mol. The molecular formula is C12H10N2O2. The fraction of sp³-hybridized carbons (Fsp3) is 0.167. The van der Waals surface area contributed by atoms with Gasteiger partial charge >= 0.3 is 0 Å². The van der Waals surface area contributed by atoms with E-state index in [1.807, 2.05) is 18.2 Å². The second-order valence-electron chi connectivity index (χ2n) is 3.99. The third-order valence-corrected chi connectivity index (χ3v) is 2.94. The van der Waals surface area contributed by atoms with Gasteiger partial charge in [0.25, 0.3) is 11.5 Å². The Balaban J connectivity index is 2.45. The van der Waals surface area contributed by atoms with Gasteiger partial charge in [-0.3, -0.25) is 14.2 Å². The summed E-state index contributed by atoms with van der Waals surface area (Å²) >= 11 is 0. The highest BCUT2D eigenvalue weighted by atomic mass is 16.2. The van der Waals surface area contributed by atoms with Gasteiger partial charge in [0.2, 0.25) is 0 Å². The van der Waals surface area contributed by atoms with Crippen molar-refractivity contribution in [1.29, 1.82) is 0 Å². The molecule has 80 valence electrons. The zero-order valence-electron chi connectivity index (χ0n) is 8.80. The standard InChI is InChI=1S/C12H10N2O2/c1-13-7-14-10(12(13)16)6-8-4-2-3-5-9(8)11(14)15/h2-6H,7H2,1H3. The Bertz CT molecular complexity index is 658. The van der Waals surface area contributed by atoms with Crippen LogP contribution in [-0.4, -0.2) is 22.4 Å². The molecule has 3 rings (SSSR count). The summed E-state index contributed by atoms with van der Waals surface area (Å²) < 4.78 is 1.52. The third kappa shape index (κ3) is 1.04. The average molecular weight is 214 g/mol. The Morgan fingerprint density at radius 1 is 1.19 bits per heavy atom. The van der Waals surface area contributed by atoms with Crippen LogP contribution in [0.25, 0.3) is 10.8 Å². The number of amides is 1. The summed E-state index contributed by atoms with van der Waals surface area (Å²) in [6.45, 7) is 0.345. The summed E-state index contributed by atoms with van der Waals surface area (Å²) in [5.74, 6) is -0.0946. The number of hydrogen-bond acceptors (Lipinski definition) is 2. The molecule has 1 aromatic carbocycles. The number of carbonyl (C=O) groups is 1. The maximum atomic E-state index is 12.1. The molecule has 16 heavy (non-hydrogen) atoms. The van der Waals surface area contributed by atoms with Gasteiger partial charge in [-0.1, -0.05) is 18.2 Å². The Morgan fingerprint density at radius 2 is 1.94 bits per heavy atom. The van der Waals surface area contributed by atoms with Gasteiger partial charge in [0, 0.05) is 12.4 Å². The minimum Gasteiger partial charge on any atom is -0.322 e. The van der Waals surface area contributed by atoms with Crippen LogP contribution in [0.2, 0.25) is 0 Å². The molecule has 0 atom stereocenters. The van der Waals surface area contributed by atoms with Crippen molar-refractivity contribution >= 4 is 16.7 Å². The molecule has 1 aliphatic heterocycles. The lowest BCUT2D eigenvalue weighted by Crippen LogP contribution is -2.22. The first-order valence-corrected chi connectivity index (χ1v) is 5.06. The highest BCUT2D eigenvalue weighted by Crippen LogP contribution is 2.17. The van der Waals surface area contributed by atoms with Gasteiger partial charge in [0.15, 0.2) is 0 Å². The van der Waals surface area contributed by atoms with Crippen molar-refractivity contribution in [3.63, 3.8) is 0 Å². The van der Waals surface area contributed by atoms with E-state index in [9.17, 15) is 9.59 Å². The van der Waals surface area contributed by atoms with Crippen molar-refractivity contribution in [3.8, 4) is 0 Å². The van der Waals surface area contributed by atoms with Crippen molar-refractivity contribution in [2.75, 3.05) is 7.05 Å². The lowest BCUT2D eigenvalue weighted by molar-refractivity contribution is 0.0811. The third-order valence-electron chi connectivity index (χ3n) is 2.94. The van der Waals surface area contributed by atoms with Gasteiger partial charge in [0.1, 0.15) is 12.4 Å². The second-order valence-corrected chi connectivity index (χ2v) is 3.99. The molecule has 2 heterocycles. The summed E-state index contributed by atoms with van der Waals surface area (Å²) in [5.41, 5.74) is 0.386. The largest absolute Gasteiger partial charge is 0.322 e. The van der Waals surface area contributed by atoms with Crippen molar-refractivity contribution in [2.24, 2.45) is 0 Å². The molecule has 1 aromatic heterocycles. The van der Waals surface area contributed by atoms with E-state index < -0.39 is 0 Å². The average Bonchev–Trinajstić information content (AvgIpc) is 2.58. The quantitative estimate of drug-likeness (QED) is 0.657. The van der Waals surface area contributed by atoms with E-state index in [1.54, 1.807) is 19.2 Å². The first kappa shape index (κ1) is 9.15. The SMILES string of the molecule is CN1Cn2c(cc3ccccc3c2=O)C1=O. The zero-order chi connectivity index (χ0) is 11.3. The fourth-order valence-corrected chi connectivity index (χ4v) is 2.09. The van der Waals surface area contributed by atoms with Gasteiger partial charge in [-0.25, -0.2) is 0 Å². The molecule has 0 fully saturated rings. The van der Waals surface area contributed by atoms with Gasteiger partial charge in [-0.05, 0) is 17.5 Å². The van der Waals surface area contributed by atoms with Gasteiger partial charge in [-0.2, -0.15) is 0 Å². The minimum absolute atomic E-state index is 0.0919. The van der Waals surface area contributed by atoms with Crippen LogP contribution in [0, 0.1) is 0 Å². The summed E-state index contributed by atoms with van der Waals surface area (Å²) in [6.07, 6.45) is 0. The van der Waals surface area contributed by atoms with Crippen LogP contribution in [0.4, 0.5) is 0 Å². The zero-order valence-corrected chi connectivity index (χ0v) is 8.80. The Labute approximate surface area is 91.7 Å². The number of pyridine rings is 1. The van der Waals surface area contributed by atoms with Crippen LogP contribution in [0.5, 0.6) is 0 Å². The normalized spacial score (nSPS) is 14.6. The van der Waals surface area contributed by atoms with Crippen molar-refractivity contribution < 1.29 is 4.79 Å². The van der Waals surface area contributed by atoms with Crippen LogP contribution >= 0.6 is 0 Å². The molecule has 4 nitrogen and oxygen atoms in total. The maximum absolute atomic E-state index is 12.1. The van der Waals surface area contributed by atoms with Gasteiger partial charge in [0.05, 0.1) is 0 Å². The van der Waals surface area contributed by atoms with Crippen LogP contribution in [-0.2, 0) is 6.67 Å². The second kappa shape index (κ2) is 2.95. The maximum Gasteiger partial charge on any atom is 0.271 e. The van der Waals surface area contributed by atoms with Crippen LogP contribution in [0.3, 0.4) is 0 Å². The Morgan fingerprint density at radius 3 is 2.75 bits per heavy atom. The summed E-state index contributed by atoms with van der Waals surface area (Å²) in [7, 11) is 1.69. The van der Waals surface area contributed by atoms with E-state index in [4.69, 9.17) is 0 Å². The number of carbonyl (C=O) groups excluding carboxylic acids is 1. The predicted molar refractivity (Wildman–Crippen MR) is 60.3 cm³/mol. The Kier molecular flexibility index (Phi) is 1.68. The molecule has 0 N–H and O–H groups in total. The number of rotatable bonds is 0. The molecule has 1 aliphatic rings. The highest BCUT2D eigenvalue weighted by Gasteiger charge is 2.25. The van der Waals surface area contributed by atoms with Gasteiger partial charge in [-0.15, -0.1) is 0 Å². The molecule has 2 aromatic rings. The summed E-state index contributed by atoms with van der Waals surface area (Å²) in [5, 5.41) is 1.48. The van der Waals surface area contributed by atoms with E-state index in [0.717, 1.165) is 5.39 Å². The van der Waals surface area contributed by atoms with Crippen molar-refractivity contribution in [1.82, 2.24) is 9.47 Å².